The van der Waals surface area contributed by atoms with Crippen LogP contribution in [0.4, 0.5) is 0 Å². The number of benzene rings is 1. The summed E-state index contributed by atoms with van der Waals surface area (Å²) in [7, 11) is 1.82. The lowest BCUT2D eigenvalue weighted by Gasteiger charge is -2.31. The Kier molecular flexibility index (Phi) is 4.08. The highest BCUT2D eigenvalue weighted by atomic mass is 35.5. The van der Waals surface area contributed by atoms with Crippen LogP contribution in [0.15, 0.2) is 30.3 Å². The first kappa shape index (κ1) is 14.3. The molecule has 2 aromatic rings. The monoisotopic (exact) mass is 304 g/mol. The largest absolute Gasteiger partial charge is 0.381 e. The topological polar surface area (TPSA) is 42.4 Å². The molecule has 0 aliphatic carbocycles. The molecule has 21 heavy (non-hydrogen) atoms. The summed E-state index contributed by atoms with van der Waals surface area (Å²) >= 11 is 6.19. The molecule has 1 aromatic carbocycles. The van der Waals surface area contributed by atoms with Gasteiger partial charge in [0.2, 0.25) is 0 Å². The number of pyridine rings is 1. The van der Waals surface area contributed by atoms with Gasteiger partial charge in [-0.3, -0.25) is 4.79 Å². The molecule has 1 fully saturated rings. The fourth-order valence-electron chi connectivity index (χ4n) is 2.68. The van der Waals surface area contributed by atoms with E-state index in [4.69, 9.17) is 16.3 Å². The lowest BCUT2D eigenvalue weighted by atomic mass is 10.1. The first-order chi connectivity index (χ1) is 10.2. The van der Waals surface area contributed by atoms with Crippen LogP contribution in [0.3, 0.4) is 0 Å². The van der Waals surface area contributed by atoms with E-state index in [1.165, 1.54) is 0 Å². The number of hydrogen-bond acceptors (Lipinski definition) is 3. The minimum absolute atomic E-state index is 0.0884. The minimum Gasteiger partial charge on any atom is -0.381 e. The van der Waals surface area contributed by atoms with Crippen LogP contribution in [-0.2, 0) is 4.74 Å². The van der Waals surface area contributed by atoms with E-state index in [0.717, 1.165) is 23.6 Å². The molecule has 4 nitrogen and oxygen atoms in total. The minimum atomic E-state index is -0.0884. The standard InChI is InChI=1S/C16H17ClN2O2/c1-19(12-6-8-21-9-7-12)16(20)14-10-11-4-2-3-5-13(11)15(17)18-14/h2-5,10,12H,6-9H2,1H3. The molecule has 0 N–H and O–H groups in total. The van der Waals surface area contributed by atoms with Crippen molar-refractivity contribution in [3.05, 3.63) is 41.2 Å². The summed E-state index contributed by atoms with van der Waals surface area (Å²) in [6.07, 6.45) is 1.73. The molecule has 0 radical (unpaired) electrons. The molecule has 0 saturated carbocycles. The van der Waals surface area contributed by atoms with Gasteiger partial charge in [0, 0.05) is 31.7 Å². The van der Waals surface area contributed by atoms with E-state index in [2.05, 4.69) is 4.98 Å². The number of rotatable bonds is 2. The van der Waals surface area contributed by atoms with Crippen LogP contribution in [0.25, 0.3) is 10.8 Å². The summed E-state index contributed by atoms with van der Waals surface area (Å²) in [6, 6.07) is 9.69. The summed E-state index contributed by atoms with van der Waals surface area (Å²) in [4.78, 5) is 18.6. The molecular formula is C16H17ClN2O2. The summed E-state index contributed by atoms with van der Waals surface area (Å²) in [5.41, 5.74) is 0.396. The van der Waals surface area contributed by atoms with Crippen molar-refractivity contribution in [1.82, 2.24) is 9.88 Å². The Morgan fingerprint density at radius 3 is 2.81 bits per heavy atom. The van der Waals surface area contributed by atoms with Crippen molar-refractivity contribution in [2.75, 3.05) is 20.3 Å². The Bertz CT molecular complexity index is 668. The maximum Gasteiger partial charge on any atom is 0.272 e. The van der Waals surface area contributed by atoms with E-state index in [-0.39, 0.29) is 11.9 Å². The van der Waals surface area contributed by atoms with Crippen LogP contribution < -0.4 is 0 Å². The number of aromatic nitrogens is 1. The molecule has 1 saturated heterocycles. The molecule has 0 spiro atoms. The van der Waals surface area contributed by atoms with Crippen molar-refractivity contribution in [2.45, 2.75) is 18.9 Å². The highest BCUT2D eigenvalue weighted by Gasteiger charge is 2.24. The van der Waals surface area contributed by atoms with Crippen molar-refractivity contribution >= 4 is 28.3 Å². The Hall–Kier alpha value is -1.65. The number of hydrogen-bond donors (Lipinski definition) is 0. The summed E-state index contributed by atoms with van der Waals surface area (Å²) in [5, 5.41) is 2.17. The van der Waals surface area contributed by atoms with Crippen molar-refractivity contribution in [3.8, 4) is 0 Å². The Morgan fingerprint density at radius 2 is 2.05 bits per heavy atom. The maximum atomic E-state index is 12.6. The quantitative estimate of drug-likeness (QED) is 0.801. The second-order valence-electron chi connectivity index (χ2n) is 5.28. The lowest BCUT2D eigenvalue weighted by molar-refractivity contribution is 0.0359. The average Bonchev–Trinajstić information content (AvgIpc) is 2.54. The third-order valence-corrected chi connectivity index (χ3v) is 4.26. The number of carbonyl (C=O) groups excluding carboxylic acids is 1. The molecule has 5 heteroatoms. The van der Waals surface area contributed by atoms with Crippen LogP contribution in [-0.4, -0.2) is 42.1 Å². The van der Waals surface area contributed by atoms with Gasteiger partial charge in [0.15, 0.2) is 0 Å². The lowest BCUT2D eigenvalue weighted by Crippen LogP contribution is -2.40. The third-order valence-electron chi connectivity index (χ3n) is 3.97. The van der Waals surface area contributed by atoms with Gasteiger partial charge in [-0.15, -0.1) is 0 Å². The molecule has 0 unspecified atom stereocenters. The number of fused-ring (bicyclic) bond motifs is 1. The van der Waals surface area contributed by atoms with Crippen molar-refractivity contribution < 1.29 is 9.53 Å². The number of carbonyl (C=O) groups is 1. The molecule has 2 heterocycles. The zero-order valence-corrected chi connectivity index (χ0v) is 12.6. The normalized spacial score (nSPS) is 16.1. The maximum absolute atomic E-state index is 12.6. The molecule has 0 atom stereocenters. The van der Waals surface area contributed by atoms with E-state index >= 15 is 0 Å². The number of halogens is 1. The fourth-order valence-corrected chi connectivity index (χ4v) is 2.95. The molecule has 1 amide bonds. The number of amides is 1. The predicted molar refractivity (Wildman–Crippen MR) is 82.7 cm³/mol. The van der Waals surface area contributed by atoms with Gasteiger partial charge < -0.3 is 9.64 Å². The summed E-state index contributed by atoms with van der Waals surface area (Å²) < 4.78 is 5.34. The van der Waals surface area contributed by atoms with Gasteiger partial charge in [-0.05, 0) is 24.3 Å². The molecule has 1 aliphatic heterocycles. The SMILES string of the molecule is CN(C(=O)c1cc2ccccc2c(Cl)n1)C1CCOCC1. The van der Waals surface area contributed by atoms with Crippen LogP contribution in [0.5, 0.6) is 0 Å². The van der Waals surface area contributed by atoms with Crippen LogP contribution in [0, 0.1) is 0 Å². The highest BCUT2D eigenvalue weighted by Crippen LogP contribution is 2.23. The van der Waals surface area contributed by atoms with Gasteiger partial charge in [0.25, 0.3) is 5.91 Å². The molecular weight excluding hydrogens is 288 g/mol. The second-order valence-corrected chi connectivity index (χ2v) is 5.64. The van der Waals surface area contributed by atoms with Crippen LogP contribution in [0.1, 0.15) is 23.3 Å². The Labute approximate surface area is 128 Å². The average molecular weight is 305 g/mol. The first-order valence-electron chi connectivity index (χ1n) is 7.07. The van der Waals surface area contributed by atoms with E-state index in [1.807, 2.05) is 31.3 Å². The predicted octanol–water partition coefficient (Wildman–Crippen LogP) is 3.14. The smallest absolute Gasteiger partial charge is 0.272 e. The van der Waals surface area contributed by atoms with E-state index in [0.29, 0.717) is 24.1 Å². The molecule has 1 aromatic heterocycles. The second kappa shape index (κ2) is 6.00. The van der Waals surface area contributed by atoms with E-state index in [9.17, 15) is 4.79 Å². The van der Waals surface area contributed by atoms with Crippen molar-refractivity contribution in [3.63, 3.8) is 0 Å². The van der Waals surface area contributed by atoms with Crippen LogP contribution in [0.2, 0.25) is 5.15 Å². The first-order valence-corrected chi connectivity index (χ1v) is 7.45. The highest BCUT2D eigenvalue weighted by molar-refractivity contribution is 6.34. The Morgan fingerprint density at radius 1 is 1.33 bits per heavy atom. The van der Waals surface area contributed by atoms with Gasteiger partial charge >= 0.3 is 0 Å². The van der Waals surface area contributed by atoms with Crippen LogP contribution >= 0.6 is 11.6 Å². The molecule has 3 rings (SSSR count). The fraction of sp³-hybridized carbons (Fsp3) is 0.375. The third kappa shape index (κ3) is 2.87. The van der Waals surface area contributed by atoms with Crippen molar-refractivity contribution in [1.29, 1.82) is 0 Å². The van der Waals surface area contributed by atoms with Gasteiger partial charge in [-0.25, -0.2) is 4.98 Å². The van der Waals surface area contributed by atoms with Gasteiger partial charge in [0.1, 0.15) is 10.8 Å². The zero-order valence-electron chi connectivity index (χ0n) is 11.9. The Balaban J connectivity index is 1.90. The van der Waals surface area contributed by atoms with Crippen molar-refractivity contribution in [2.24, 2.45) is 0 Å². The van der Waals surface area contributed by atoms with Gasteiger partial charge in [-0.2, -0.15) is 0 Å². The number of ether oxygens (including phenoxy) is 1. The van der Waals surface area contributed by atoms with Gasteiger partial charge in [-0.1, -0.05) is 35.9 Å². The number of nitrogens with zero attached hydrogens (tertiary/aromatic N) is 2. The van der Waals surface area contributed by atoms with E-state index in [1.54, 1.807) is 11.0 Å². The summed E-state index contributed by atoms with van der Waals surface area (Å²) in [5.74, 6) is -0.0884. The summed E-state index contributed by atoms with van der Waals surface area (Å²) in [6.45, 7) is 1.41. The molecule has 110 valence electrons. The molecule has 1 aliphatic rings. The van der Waals surface area contributed by atoms with E-state index < -0.39 is 0 Å². The zero-order chi connectivity index (χ0) is 14.8. The van der Waals surface area contributed by atoms with Gasteiger partial charge in [0.05, 0.1) is 0 Å². The molecule has 0 bridgehead atoms.